The van der Waals surface area contributed by atoms with E-state index in [1.54, 1.807) is 11.3 Å². The molecule has 0 aliphatic rings. The number of hydrogen-bond donors (Lipinski definition) is 1. The third-order valence-electron chi connectivity index (χ3n) is 3.46. The molecule has 1 heterocycles. The molecule has 0 fully saturated rings. The van der Waals surface area contributed by atoms with E-state index in [0.717, 1.165) is 24.0 Å². The van der Waals surface area contributed by atoms with Crippen molar-refractivity contribution in [1.29, 1.82) is 0 Å². The highest BCUT2D eigenvalue weighted by Gasteiger charge is 2.13. The molecule has 0 bridgehead atoms. The first-order valence-corrected chi connectivity index (χ1v) is 7.90. The monoisotopic (exact) mass is 269 g/mol. The second-order valence-electron chi connectivity index (χ2n) is 4.98. The first-order chi connectivity index (χ1) is 8.60. The van der Waals surface area contributed by atoms with Gasteiger partial charge in [0, 0.05) is 18.5 Å². The standard InChI is InChI=1S/C14H27N3S/c1-5-12(6-2)8-17(7-3)9-13-10-18-14(16-13)11(4)15/h10-12H,5-9,15H2,1-4H3. The predicted molar refractivity (Wildman–Crippen MR) is 79.7 cm³/mol. The number of hydrogen-bond acceptors (Lipinski definition) is 4. The maximum atomic E-state index is 5.85. The largest absolute Gasteiger partial charge is 0.322 e. The lowest BCUT2D eigenvalue weighted by Gasteiger charge is -2.24. The van der Waals surface area contributed by atoms with E-state index in [-0.39, 0.29) is 6.04 Å². The summed E-state index contributed by atoms with van der Waals surface area (Å²) in [5.41, 5.74) is 7.02. The smallest absolute Gasteiger partial charge is 0.109 e. The molecular formula is C14H27N3S. The minimum atomic E-state index is 0.0536. The Labute approximate surface area is 115 Å². The normalized spacial score (nSPS) is 13.5. The Balaban J connectivity index is 2.56. The van der Waals surface area contributed by atoms with Crippen molar-refractivity contribution in [3.8, 4) is 0 Å². The van der Waals surface area contributed by atoms with Gasteiger partial charge >= 0.3 is 0 Å². The second kappa shape index (κ2) is 7.87. The van der Waals surface area contributed by atoms with Gasteiger partial charge < -0.3 is 5.73 Å². The maximum absolute atomic E-state index is 5.85. The van der Waals surface area contributed by atoms with E-state index in [2.05, 4.69) is 36.0 Å². The predicted octanol–water partition coefficient (Wildman–Crippen LogP) is 3.42. The van der Waals surface area contributed by atoms with Gasteiger partial charge in [-0.25, -0.2) is 4.98 Å². The van der Waals surface area contributed by atoms with Crippen LogP contribution in [0.4, 0.5) is 0 Å². The molecule has 0 aliphatic heterocycles. The van der Waals surface area contributed by atoms with Crippen LogP contribution in [0.3, 0.4) is 0 Å². The fourth-order valence-corrected chi connectivity index (χ4v) is 2.82. The van der Waals surface area contributed by atoms with Gasteiger partial charge in [-0.2, -0.15) is 0 Å². The Hall–Kier alpha value is -0.450. The molecule has 1 atom stereocenters. The summed E-state index contributed by atoms with van der Waals surface area (Å²) < 4.78 is 0. The highest BCUT2D eigenvalue weighted by atomic mass is 32.1. The van der Waals surface area contributed by atoms with Crippen molar-refractivity contribution in [3.63, 3.8) is 0 Å². The average molecular weight is 269 g/mol. The Morgan fingerprint density at radius 1 is 1.33 bits per heavy atom. The Morgan fingerprint density at radius 3 is 2.44 bits per heavy atom. The van der Waals surface area contributed by atoms with Gasteiger partial charge in [0.05, 0.1) is 11.7 Å². The molecule has 4 heteroatoms. The molecule has 0 saturated carbocycles. The van der Waals surface area contributed by atoms with Crippen molar-refractivity contribution >= 4 is 11.3 Å². The van der Waals surface area contributed by atoms with E-state index in [4.69, 9.17) is 5.73 Å². The van der Waals surface area contributed by atoms with Crippen LogP contribution < -0.4 is 5.73 Å². The second-order valence-corrected chi connectivity index (χ2v) is 5.87. The molecule has 104 valence electrons. The zero-order valence-electron chi connectivity index (χ0n) is 12.1. The third kappa shape index (κ3) is 4.67. The van der Waals surface area contributed by atoms with Crippen molar-refractivity contribution < 1.29 is 0 Å². The summed E-state index contributed by atoms with van der Waals surface area (Å²) in [6.07, 6.45) is 2.52. The van der Waals surface area contributed by atoms with Crippen molar-refractivity contribution in [2.24, 2.45) is 11.7 Å². The minimum absolute atomic E-state index is 0.0536. The van der Waals surface area contributed by atoms with Crippen molar-refractivity contribution in [2.45, 2.75) is 53.1 Å². The van der Waals surface area contributed by atoms with Gasteiger partial charge in [0.2, 0.25) is 0 Å². The van der Waals surface area contributed by atoms with Crippen molar-refractivity contribution in [2.75, 3.05) is 13.1 Å². The van der Waals surface area contributed by atoms with Crippen molar-refractivity contribution in [1.82, 2.24) is 9.88 Å². The molecule has 1 rings (SSSR count). The molecule has 0 spiro atoms. The van der Waals surface area contributed by atoms with E-state index >= 15 is 0 Å². The van der Waals surface area contributed by atoms with E-state index in [1.165, 1.54) is 25.1 Å². The fraction of sp³-hybridized carbons (Fsp3) is 0.786. The maximum Gasteiger partial charge on any atom is 0.109 e. The Kier molecular flexibility index (Phi) is 6.82. The lowest BCUT2D eigenvalue weighted by Crippen LogP contribution is -2.28. The number of nitrogens with two attached hydrogens (primary N) is 1. The van der Waals surface area contributed by atoms with Crippen LogP contribution in [-0.2, 0) is 6.54 Å². The molecule has 0 aromatic carbocycles. The zero-order valence-corrected chi connectivity index (χ0v) is 13.0. The van der Waals surface area contributed by atoms with Crippen LogP contribution in [0.5, 0.6) is 0 Å². The SMILES string of the molecule is CCC(CC)CN(CC)Cc1csc(C(C)N)n1. The molecule has 0 aliphatic carbocycles. The molecule has 1 aromatic heterocycles. The highest BCUT2D eigenvalue weighted by Crippen LogP contribution is 2.18. The lowest BCUT2D eigenvalue weighted by atomic mass is 10.0. The van der Waals surface area contributed by atoms with Gasteiger partial charge in [0.1, 0.15) is 5.01 Å². The van der Waals surface area contributed by atoms with Crippen molar-refractivity contribution in [3.05, 3.63) is 16.1 Å². The molecule has 2 N–H and O–H groups in total. The van der Waals surface area contributed by atoms with E-state index in [1.807, 2.05) is 6.92 Å². The Bertz CT molecular complexity index is 332. The van der Waals surface area contributed by atoms with E-state index in [0.29, 0.717) is 0 Å². The van der Waals surface area contributed by atoms with Gasteiger partial charge in [-0.1, -0.05) is 33.6 Å². The highest BCUT2D eigenvalue weighted by molar-refractivity contribution is 7.09. The molecular weight excluding hydrogens is 242 g/mol. The topological polar surface area (TPSA) is 42.1 Å². The van der Waals surface area contributed by atoms with Crippen LogP contribution in [0.15, 0.2) is 5.38 Å². The summed E-state index contributed by atoms with van der Waals surface area (Å²) in [5.74, 6) is 0.802. The minimum Gasteiger partial charge on any atom is -0.322 e. The molecule has 3 nitrogen and oxygen atoms in total. The molecule has 0 amide bonds. The summed E-state index contributed by atoms with van der Waals surface area (Å²) in [6.45, 7) is 12.0. The summed E-state index contributed by atoms with van der Waals surface area (Å²) in [7, 11) is 0. The van der Waals surface area contributed by atoms with Gasteiger partial charge in [0.25, 0.3) is 0 Å². The van der Waals surface area contributed by atoms with Gasteiger partial charge in [0.15, 0.2) is 0 Å². The summed E-state index contributed by atoms with van der Waals surface area (Å²) in [4.78, 5) is 7.09. The first-order valence-electron chi connectivity index (χ1n) is 7.02. The number of nitrogens with zero attached hydrogens (tertiary/aromatic N) is 2. The molecule has 1 aromatic rings. The van der Waals surface area contributed by atoms with Crippen LogP contribution in [0, 0.1) is 5.92 Å². The van der Waals surface area contributed by atoms with E-state index in [9.17, 15) is 0 Å². The quantitative estimate of drug-likeness (QED) is 0.786. The molecule has 0 saturated heterocycles. The number of rotatable bonds is 8. The fourth-order valence-electron chi connectivity index (χ4n) is 2.05. The van der Waals surface area contributed by atoms with Crippen LogP contribution in [0.1, 0.15) is 57.3 Å². The molecule has 18 heavy (non-hydrogen) atoms. The van der Waals surface area contributed by atoms with Gasteiger partial charge in [-0.05, 0) is 19.4 Å². The van der Waals surface area contributed by atoms with Crippen LogP contribution in [0.2, 0.25) is 0 Å². The molecule has 0 radical (unpaired) electrons. The zero-order chi connectivity index (χ0) is 13.5. The lowest BCUT2D eigenvalue weighted by molar-refractivity contribution is 0.224. The van der Waals surface area contributed by atoms with Gasteiger partial charge in [-0.3, -0.25) is 4.90 Å². The van der Waals surface area contributed by atoms with Crippen LogP contribution in [0.25, 0.3) is 0 Å². The van der Waals surface area contributed by atoms with Crippen LogP contribution >= 0.6 is 11.3 Å². The third-order valence-corrected chi connectivity index (χ3v) is 4.56. The number of thiazole rings is 1. The van der Waals surface area contributed by atoms with E-state index < -0.39 is 0 Å². The Morgan fingerprint density at radius 2 is 2.00 bits per heavy atom. The molecule has 1 unspecified atom stereocenters. The average Bonchev–Trinajstić information content (AvgIpc) is 2.83. The summed E-state index contributed by atoms with van der Waals surface area (Å²) in [5, 5.41) is 3.19. The summed E-state index contributed by atoms with van der Waals surface area (Å²) >= 11 is 1.68. The summed E-state index contributed by atoms with van der Waals surface area (Å²) in [6, 6.07) is 0.0536. The number of aromatic nitrogens is 1. The van der Waals surface area contributed by atoms with Gasteiger partial charge in [-0.15, -0.1) is 11.3 Å². The first kappa shape index (κ1) is 15.6. The van der Waals surface area contributed by atoms with Crippen LogP contribution in [-0.4, -0.2) is 23.0 Å².